The minimum Gasteiger partial charge on any atom is -0.302 e. The van der Waals surface area contributed by atoms with Gasteiger partial charge in [0.2, 0.25) is 0 Å². The molecule has 0 aliphatic rings. The number of nitriles is 1. The van der Waals surface area contributed by atoms with Crippen LogP contribution in [-0.4, -0.2) is 19.2 Å². The van der Waals surface area contributed by atoms with Crippen LogP contribution in [0.5, 0.6) is 0 Å². The van der Waals surface area contributed by atoms with Crippen LogP contribution in [-0.2, 0) is 22.3 Å². The Morgan fingerprint density at radius 1 is 0.976 bits per heavy atom. The van der Waals surface area contributed by atoms with Gasteiger partial charge in [0.15, 0.2) is 9.84 Å². The maximum atomic E-state index is 15.5. The lowest BCUT2D eigenvalue weighted by Gasteiger charge is -2.21. The first-order valence-electron chi connectivity index (χ1n) is 13.3. The quantitative estimate of drug-likeness (QED) is 0.127. The number of sulfone groups is 1. The highest BCUT2D eigenvalue weighted by molar-refractivity contribution is 7.90. The second-order valence-electron chi connectivity index (χ2n) is 10.0. The van der Waals surface area contributed by atoms with Crippen molar-refractivity contribution in [2.75, 3.05) is 6.26 Å². The number of halogens is 4. The molecule has 4 rings (SSSR count). The van der Waals surface area contributed by atoms with Crippen LogP contribution in [0.1, 0.15) is 55.7 Å². The van der Waals surface area contributed by atoms with E-state index in [0.717, 1.165) is 53.2 Å². The molecule has 0 atom stereocenters. The van der Waals surface area contributed by atoms with Gasteiger partial charge in [-0.2, -0.15) is 5.26 Å². The molecule has 2 aromatic carbocycles. The Bertz CT molecular complexity index is 1820. The minimum atomic E-state index is -3.49. The fraction of sp³-hybridized carbons (Fsp3) is 0.290. The molecule has 11 heteroatoms. The van der Waals surface area contributed by atoms with Crippen LogP contribution in [0.25, 0.3) is 21.0 Å². The smallest absolute Gasteiger partial charge is 0.274 e. The molecule has 42 heavy (non-hydrogen) atoms. The second kappa shape index (κ2) is 12.6. The van der Waals surface area contributed by atoms with Gasteiger partial charge in [0.05, 0.1) is 22.0 Å². The summed E-state index contributed by atoms with van der Waals surface area (Å²) < 4.78 is 84.4. The summed E-state index contributed by atoms with van der Waals surface area (Å²) in [5.74, 6) is -5.23. The zero-order chi connectivity index (χ0) is 30.7. The Morgan fingerprint density at radius 2 is 1.71 bits per heavy atom. The van der Waals surface area contributed by atoms with E-state index >= 15 is 8.78 Å². The number of aromatic nitrogens is 1. The molecular formula is C31H28F4N2O3S2. The topological polar surface area (TPSA) is 79.9 Å². The second-order valence-corrected chi connectivity index (χ2v) is 13.1. The van der Waals surface area contributed by atoms with Crippen molar-refractivity contribution in [2.45, 2.75) is 56.4 Å². The van der Waals surface area contributed by atoms with Crippen LogP contribution >= 0.6 is 11.3 Å². The molecule has 0 bridgehead atoms. The predicted octanol–water partition coefficient (Wildman–Crippen LogP) is 7.91. The van der Waals surface area contributed by atoms with Crippen molar-refractivity contribution < 1.29 is 26.0 Å². The molecule has 0 N–H and O–H groups in total. The third kappa shape index (κ3) is 6.82. The number of thiophene rings is 1. The molecule has 0 spiro atoms. The molecule has 0 saturated carbocycles. The Balaban J connectivity index is 1.89. The molecule has 0 aliphatic carbocycles. The molecule has 2 aromatic heterocycles. The van der Waals surface area contributed by atoms with Crippen molar-refractivity contribution in [3.8, 4) is 27.1 Å². The van der Waals surface area contributed by atoms with E-state index in [1.807, 2.05) is 6.92 Å². The Hall–Kier alpha value is -3.75. The van der Waals surface area contributed by atoms with Crippen molar-refractivity contribution >= 4 is 21.2 Å². The maximum absolute atomic E-state index is 15.5. The van der Waals surface area contributed by atoms with Crippen molar-refractivity contribution in [3.63, 3.8) is 0 Å². The number of hydrogen-bond acceptors (Lipinski definition) is 5. The van der Waals surface area contributed by atoms with Crippen molar-refractivity contribution in [2.24, 2.45) is 0 Å². The number of hydrogen-bond donors (Lipinski definition) is 0. The molecule has 0 amide bonds. The average molecular weight is 617 g/mol. The van der Waals surface area contributed by atoms with E-state index in [4.69, 9.17) is 0 Å². The molecule has 2 heterocycles. The van der Waals surface area contributed by atoms with Gasteiger partial charge in [-0.3, -0.25) is 4.79 Å². The Labute approximate surface area is 245 Å². The number of alkyl halides is 2. The Morgan fingerprint density at radius 3 is 2.38 bits per heavy atom. The van der Waals surface area contributed by atoms with Gasteiger partial charge in [0.25, 0.3) is 11.5 Å². The number of benzene rings is 2. The summed E-state index contributed by atoms with van der Waals surface area (Å²) in [5.41, 5.74) is -1.94. The van der Waals surface area contributed by atoms with Crippen molar-refractivity contribution in [1.29, 1.82) is 5.26 Å². The highest BCUT2D eigenvalue weighted by Gasteiger charge is 2.36. The van der Waals surface area contributed by atoms with Gasteiger partial charge in [-0.15, -0.1) is 11.3 Å². The lowest BCUT2D eigenvalue weighted by atomic mass is 9.97. The van der Waals surface area contributed by atoms with Crippen LogP contribution < -0.4 is 5.56 Å². The molecule has 5 nitrogen and oxygen atoms in total. The summed E-state index contributed by atoms with van der Waals surface area (Å²) in [4.78, 5) is 14.7. The first-order valence-corrected chi connectivity index (χ1v) is 16.0. The van der Waals surface area contributed by atoms with E-state index in [-0.39, 0.29) is 22.6 Å². The third-order valence-corrected chi connectivity index (χ3v) is 9.17. The fourth-order valence-electron chi connectivity index (χ4n) is 4.64. The maximum Gasteiger partial charge on any atom is 0.274 e. The molecule has 0 radical (unpaired) electrons. The molecule has 220 valence electrons. The predicted molar refractivity (Wildman–Crippen MR) is 155 cm³/mol. The van der Waals surface area contributed by atoms with E-state index in [0.29, 0.717) is 27.8 Å². The zero-order valence-corrected chi connectivity index (χ0v) is 24.6. The first-order chi connectivity index (χ1) is 19.9. The highest BCUT2D eigenvalue weighted by atomic mass is 32.2. The van der Waals surface area contributed by atoms with Gasteiger partial charge in [-0.1, -0.05) is 44.4 Å². The van der Waals surface area contributed by atoms with Crippen LogP contribution in [0, 0.1) is 23.0 Å². The third-order valence-electron chi connectivity index (χ3n) is 6.90. The van der Waals surface area contributed by atoms with Gasteiger partial charge in [-0.25, -0.2) is 26.0 Å². The van der Waals surface area contributed by atoms with E-state index in [1.54, 1.807) is 30.3 Å². The van der Waals surface area contributed by atoms with Crippen LogP contribution in [0.15, 0.2) is 70.4 Å². The van der Waals surface area contributed by atoms with Crippen LogP contribution in [0.3, 0.4) is 0 Å². The van der Waals surface area contributed by atoms with Crippen LogP contribution in [0.4, 0.5) is 17.6 Å². The van der Waals surface area contributed by atoms with E-state index in [9.17, 15) is 27.3 Å². The Kier molecular flexibility index (Phi) is 9.38. The minimum absolute atomic E-state index is 0.0291. The standard InChI is InChI=1S/C31H28F4N2O3S2/c1-3-4-5-6-14-31(34,35)25-17-27(29-13-12-28(41-29)20-8-7-9-23(15-20)42(2,39)40)37(30(38)24(25)18-36)19-21-10-11-22(32)16-26(21)33/h7-13,15-17H,3-6,14,19H2,1-2H3. The summed E-state index contributed by atoms with van der Waals surface area (Å²) in [6.07, 6.45) is 2.93. The zero-order valence-electron chi connectivity index (χ0n) is 23.0. The lowest BCUT2D eigenvalue weighted by Crippen LogP contribution is -2.30. The normalized spacial score (nSPS) is 11.9. The van der Waals surface area contributed by atoms with E-state index in [1.165, 1.54) is 12.1 Å². The summed E-state index contributed by atoms with van der Waals surface area (Å²) >= 11 is 1.12. The van der Waals surface area contributed by atoms with Gasteiger partial charge in [-0.05, 0) is 48.4 Å². The summed E-state index contributed by atoms with van der Waals surface area (Å²) in [5, 5.41) is 9.79. The summed E-state index contributed by atoms with van der Waals surface area (Å²) in [7, 11) is -3.49. The fourth-order valence-corrected chi connectivity index (χ4v) is 6.34. The monoisotopic (exact) mass is 616 g/mol. The SMILES string of the molecule is CCCCCCC(F)(F)c1cc(-c2ccc(-c3cccc(S(C)(=O)=O)c3)s2)n(Cc2ccc(F)cc2F)c(=O)c1C#N. The molecule has 0 aliphatic heterocycles. The molecular weight excluding hydrogens is 588 g/mol. The van der Waals surface area contributed by atoms with Gasteiger partial charge in [0, 0.05) is 34.7 Å². The lowest BCUT2D eigenvalue weighted by molar-refractivity contribution is -0.0162. The first kappa shape index (κ1) is 31.2. The van der Waals surface area contributed by atoms with Gasteiger partial charge in [0.1, 0.15) is 23.3 Å². The molecule has 4 aromatic rings. The largest absolute Gasteiger partial charge is 0.302 e. The molecule has 0 fully saturated rings. The molecule has 0 unspecified atom stereocenters. The van der Waals surface area contributed by atoms with E-state index < -0.39 is 57.0 Å². The van der Waals surface area contributed by atoms with E-state index in [2.05, 4.69) is 0 Å². The van der Waals surface area contributed by atoms with Gasteiger partial charge < -0.3 is 4.57 Å². The number of unbranched alkanes of at least 4 members (excludes halogenated alkanes) is 3. The van der Waals surface area contributed by atoms with Crippen molar-refractivity contribution in [1.82, 2.24) is 4.57 Å². The van der Waals surface area contributed by atoms with Gasteiger partial charge >= 0.3 is 0 Å². The van der Waals surface area contributed by atoms with Crippen molar-refractivity contribution in [3.05, 3.63) is 99.3 Å². The molecule has 0 saturated heterocycles. The average Bonchev–Trinajstić information content (AvgIpc) is 3.43. The number of nitrogens with zero attached hydrogens (tertiary/aromatic N) is 2. The number of rotatable bonds is 11. The summed E-state index contributed by atoms with van der Waals surface area (Å²) in [6, 6.07) is 15.0. The number of pyridine rings is 1. The summed E-state index contributed by atoms with van der Waals surface area (Å²) in [6.45, 7) is 1.52. The highest BCUT2D eigenvalue weighted by Crippen LogP contribution is 2.40. The van der Waals surface area contributed by atoms with Crippen LogP contribution in [0.2, 0.25) is 0 Å².